The van der Waals surface area contributed by atoms with E-state index in [4.69, 9.17) is 5.14 Å². The maximum Gasteiger partial charge on any atom is 0.273 e. The lowest BCUT2D eigenvalue weighted by Gasteiger charge is -2.05. The lowest BCUT2D eigenvalue weighted by atomic mass is 10.2. The molecule has 1 atom stereocenters. The molecule has 120 valence electrons. The Hall–Kier alpha value is -1.26. The number of primary sulfonamides is 1. The fourth-order valence-corrected chi connectivity index (χ4v) is 3.27. The molecule has 0 saturated heterocycles. The minimum Gasteiger partial charge on any atom is -0.350 e. The molecule has 0 aromatic carbocycles. The number of nitrogens with one attached hydrogen (secondary N) is 2. The number of rotatable bonds is 8. The number of aromatic nitrogens is 2. The molecule has 0 aliphatic rings. The van der Waals surface area contributed by atoms with Gasteiger partial charge in [0.05, 0.1) is 5.69 Å². The third kappa shape index (κ3) is 4.90. The van der Waals surface area contributed by atoms with Gasteiger partial charge in [-0.2, -0.15) is 5.10 Å². The number of aromatic amines is 1. The third-order valence-corrected chi connectivity index (χ3v) is 5.04. The van der Waals surface area contributed by atoms with Crippen molar-refractivity contribution in [3.8, 4) is 0 Å². The van der Waals surface area contributed by atoms with Gasteiger partial charge in [-0.25, -0.2) is 13.6 Å². The standard InChI is InChI=1S/C11H20N4O4S2/c1-3-5-8-10(21(12,18)19)9(15-14-8)11(16)13-6-7-20(17)4-2/h3-7H2,1-2H3,(H,13,16)(H,14,15)(H2,12,18,19). The van der Waals surface area contributed by atoms with Gasteiger partial charge in [-0.1, -0.05) is 20.3 Å². The van der Waals surface area contributed by atoms with Crippen LogP contribution < -0.4 is 10.5 Å². The lowest BCUT2D eigenvalue weighted by molar-refractivity contribution is 0.0948. The fraction of sp³-hybridized carbons (Fsp3) is 0.636. The van der Waals surface area contributed by atoms with E-state index in [9.17, 15) is 17.4 Å². The Balaban J connectivity index is 2.92. The van der Waals surface area contributed by atoms with Crippen molar-refractivity contribution < 1.29 is 17.4 Å². The first-order valence-electron chi connectivity index (χ1n) is 6.54. The number of hydrogen-bond donors (Lipinski definition) is 3. The van der Waals surface area contributed by atoms with Crippen molar-refractivity contribution in [1.82, 2.24) is 15.5 Å². The van der Waals surface area contributed by atoms with Crippen molar-refractivity contribution in [3.05, 3.63) is 11.4 Å². The van der Waals surface area contributed by atoms with Crippen LogP contribution in [0.25, 0.3) is 0 Å². The molecule has 1 amide bonds. The molecule has 1 heterocycles. The molecule has 0 fully saturated rings. The van der Waals surface area contributed by atoms with Crippen LogP contribution in [-0.2, 0) is 27.2 Å². The van der Waals surface area contributed by atoms with Crippen LogP contribution in [0.2, 0.25) is 0 Å². The first kappa shape index (κ1) is 17.8. The molecular weight excluding hydrogens is 316 g/mol. The topological polar surface area (TPSA) is 135 Å². The highest BCUT2D eigenvalue weighted by molar-refractivity contribution is 7.89. The number of carbonyl (C=O) groups excluding carboxylic acids is 1. The molecule has 1 rings (SSSR count). The number of aryl methyl sites for hydroxylation is 1. The summed E-state index contributed by atoms with van der Waals surface area (Å²) in [5.74, 6) is 0.159. The molecule has 0 saturated carbocycles. The van der Waals surface area contributed by atoms with Gasteiger partial charge >= 0.3 is 0 Å². The summed E-state index contributed by atoms with van der Waals surface area (Å²) < 4.78 is 34.5. The minimum absolute atomic E-state index is 0.180. The summed E-state index contributed by atoms with van der Waals surface area (Å²) in [7, 11) is -5.05. The maximum atomic E-state index is 12.0. The van der Waals surface area contributed by atoms with E-state index in [2.05, 4.69) is 15.5 Å². The number of sulfonamides is 1. The smallest absolute Gasteiger partial charge is 0.273 e. The Kier molecular flexibility index (Phi) is 6.49. The zero-order chi connectivity index (χ0) is 16.0. The second-order valence-corrected chi connectivity index (χ2v) is 7.73. The average Bonchev–Trinajstić information content (AvgIpc) is 2.82. The van der Waals surface area contributed by atoms with Crippen molar-refractivity contribution in [2.75, 3.05) is 18.1 Å². The zero-order valence-corrected chi connectivity index (χ0v) is 13.6. The SMILES string of the molecule is CCCc1[nH]nc(C(=O)NCCS(=O)CC)c1S(N)(=O)=O. The van der Waals surface area contributed by atoms with Gasteiger partial charge in [-0.3, -0.25) is 14.1 Å². The summed E-state index contributed by atoms with van der Waals surface area (Å²) >= 11 is 0. The van der Waals surface area contributed by atoms with Crippen LogP contribution in [0, 0.1) is 0 Å². The molecule has 0 aliphatic carbocycles. The summed E-state index contributed by atoms with van der Waals surface area (Å²) in [6, 6.07) is 0. The molecule has 8 nitrogen and oxygen atoms in total. The van der Waals surface area contributed by atoms with Gasteiger partial charge in [-0.05, 0) is 6.42 Å². The number of hydrogen-bond acceptors (Lipinski definition) is 5. The Morgan fingerprint density at radius 2 is 2.10 bits per heavy atom. The first-order chi connectivity index (χ1) is 9.81. The number of nitrogens with two attached hydrogens (primary N) is 1. The monoisotopic (exact) mass is 336 g/mol. The van der Waals surface area contributed by atoms with E-state index < -0.39 is 26.7 Å². The van der Waals surface area contributed by atoms with Crippen molar-refractivity contribution in [3.63, 3.8) is 0 Å². The molecule has 4 N–H and O–H groups in total. The predicted molar refractivity (Wildman–Crippen MR) is 79.8 cm³/mol. The number of amides is 1. The number of H-pyrrole nitrogens is 1. The van der Waals surface area contributed by atoms with Crippen LogP contribution in [0.15, 0.2) is 4.90 Å². The van der Waals surface area contributed by atoms with Gasteiger partial charge in [0, 0.05) is 28.9 Å². The molecule has 1 aromatic heterocycles. The summed E-state index contributed by atoms with van der Waals surface area (Å²) in [5.41, 5.74) is 0.0746. The van der Waals surface area contributed by atoms with Crippen molar-refractivity contribution in [1.29, 1.82) is 0 Å². The van der Waals surface area contributed by atoms with E-state index in [0.717, 1.165) is 0 Å². The van der Waals surface area contributed by atoms with E-state index in [0.29, 0.717) is 30.0 Å². The Morgan fingerprint density at radius 1 is 1.43 bits per heavy atom. The number of nitrogens with zero attached hydrogens (tertiary/aromatic N) is 1. The van der Waals surface area contributed by atoms with Gasteiger partial charge in [0.1, 0.15) is 4.90 Å². The van der Waals surface area contributed by atoms with E-state index in [1.54, 1.807) is 6.92 Å². The van der Waals surface area contributed by atoms with Crippen LogP contribution in [0.3, 0.4) is 0 Å². The molecule has 1 unspecified atom stereocenters. The highest BCUT2D eigenvalue weighted by Crippen LogP contribution is 2.18. The van der Waals surface area contributed by atoms with Crippen molar-refractivity contribution in [2.24, 2.45) is 5.14 Å². The van der Waals surface area contributed by atoms with Gasteiger partial charge in [0.25, 0.3) is 5.91 Å². The largest absolute Gasteiger partial charge is 0.350 e. The Bertz CT molecular complexity index is 624. The Morgan fingerprint density at radius 3 is 2.62 bits per heavy atom. The molecule has 10 heteroatoms. The number of carbonyl (C=O) groups is 1. The zero-order valence-electron chi connectivity index (χ0n) is 12.0. The summed E-state index contributed by atoms with van der Waals surface area (Å²) in [4.78, 5) is 11.7. The van der Waals surface area contributed by atoms with Crippen LogP contribution in [0.5, 0.6) is 0 Å². The predicted octanol–water partition coefficient (Wildman–Crippen LogP) is -0.492. The second kappa shape index (κ2) is 7.66. The van der Waals surface area contributed by atoms with Crippen LogP contribution >= 0.6 is 0 Å². The van der Waals surface area contributed by atoms with E-state index >= 15 is 0 Å². The highest BCUT2D eigenvalue weighted by Gasteiger charge is 2.26. The van der Waals surface area contributed by atoms with Gasteiger partial charge < -0.3 is 5.32 Å². The van der Waals surface area contributed by atoms with Crippen LogP contribution in [-0.4, -0.2) is 46.8 Å². The van der Waals surface area contributed by atoms with Gasteiger partial charge in [0.2, 0.25) is 10.0 Å². The first-order valence-corrected chi connectivity index (χ1v) is 9.57. The van der Waals surface area contributed by atoms with E-state index in [1.165, 1.54) is 0 Å². The molecule has 0 bridgehead atoms. The van der Waals surface area contributed by atoms with Gasteiger partial charge in [0.15, 0.2) is 5.69 Å². The summed E-state index contributed by atoms with van der Waals surface area (Å²) in [5, 5.41) is 13.9. The molecule has 1 aromatic rings. The van der Waals surface area contributed by atoms with Crippen LogP contribution in [0.4, 0.5) is 0 Å². The quantitative estimate of drug-likeness (QED) is 0.588. The fourth-order valence-electron chi connectivity index (χ4n) is 1.75. The molecule has 0 radical (unpaired) electrons. The van der Waals surface area contributed by atoms with Crippen molar-refractivity contribution in [2.45, 2.75) is 31.6 Å². The highest BCUT2D eigenvalue weighted by atomic mass is 32.2. The molecule has 0 aliphatic heterocycles. The summed E-state index contributed by atoms with van der Waals surface area (Å²) in [6.07, 6.45) is 1.10. The Labute approximate surface area is 126 Å². The third-order valence-electron chi connectivity index (χ3n) is 2.73. The minimum atomic E-state index is -4.05. The lowest BCUT2D eigenvalue weighted by Crippen LogP contribution is -2.30. The molecule has 0 spiro atoms. The second-order valence-electron chi connectivity index (χ2n) is 4.36. The molecule has 21 heavy (non-hydrogen) atoms. The van der Waals surface area contributed by atoms with Crippen LogP contribution in [0.1, 0.15) is 36.5 Å². The van der Waals surface area contributed by atoms with Crippen molar-refractivity contribution >= 4 is 26.7 Å². The maximum absolute atomic E-state index is 12.0. The van der Waals surface area contributed by atoms with E-state index in [-0.39, 0.29) is 17.1 Å². The van der Waals surface area contributed by atoms with E-state index in [1.807, 2.05) is 6.92 Å². The van der Waals surface area contributed by atoms with Gasteiger partial charge in [-0.15, -0.1) is 0 Å². The summed E-state index contributed by atoms with van der Waals surface area (Å²) in [6.45, 7) is 3.83. The normalized spacial score (nSPS) is 13.1. The average molecular weight is 336 g/mol. The molecular formula is C11H20N4O4S2.